The average molecular weight is 652 g/mol. The van der Waals surface area contributed by atoms with Crippen molar-refractivity contribution in [2.24, 2.45) is 0 Å². The zero-order valence-electron chi connectivity index (χ0n) is 37.0. The van der Waals surface area contributed by atoms with Crippen LogP contribution in [-0.2, 0) is 0 Å². The van der Waals surface area contributed by atoms with Gasteiger partial charge in [0.25, 0.3) is 0 Å². The standard InChI is InChI=1S/C45H28N4O/c1-3-14-29(15-4-1)31-26-32(28-33(27-31)49-39-23-10-7-18-34(39)35-19-8-11-24-40(35)49)44-46-43(30-16-5-2-6-17-30)47-45(48-44)38-22-13-21-37-36-20-9-12-25-41(36)50-42(37)38/h1-28H/i1D,3D,4D,7D,8D,14D,15D,18D,19D,23D,24D. The maximum absolute atomic E-state index is 9.09. The summed E-state index contributed by atoms with van der Waals surface area (Å²) in [6, 6.07) is 25.6. The number of benzene rings is 7. The third-order valence-electron chi connectivity index (χ3n) is 8.66. The highest BCUT2D eigenvalue weighted by Gasteiger charge is 2.19. The highest BCUT2D eigenvalue weighted by Crippen LogP contribution is 2.38. The van der Waals surface area contributed by atoms with Crippen molar-refractivity contribution in [3.05, 3.63) is 170 Å². The molecule has 0 N–H and O–H groups in total. The van der Waals surface area contributed by atoms with E-state index < -0.39 is 30.2 Å². The Labute approximate surface area is 303 Å². The number of rotatable bonds is 5. The number of hydrogen-bond acceptors (Lipinski definition) is 4. The zero-order valence-corrected chi connectivity index (χ0v) is 26.0. The summed E-state index contributed by atoms with van der Waals surface area (Å²) in [6.45, 7) is 0. The molecule has 0 aliphatic rings. The molecule has 234 valence electrons. The Kier molecular flexibility index (Phi) is 4.38. The van der Waals surface area contributed by atoms with Gasteiger partial charge in [-0.05, 0) is 53.5 Å². The number of nitrogens with zero attached hydrogens (tertiary/aromatic N) is 4. The van der Waals surface area contributed by atoms with Gasteiger partial charge in [0.2, 0.25) is 0 Å². The van der Waals surface area contributed by atoms with Gasteiger partial charge in [0.05, 0.1) is 31.7 Å². The molecule has 0 atom stereocenters. The maximum Gasteiger partial charge on any atom is 0.167 e. The molecule has 0 aliphatic carbocycles. The van der Waals surface area contributed by atoms with Gasteiger partial charge in [-0.1, -0.05) is 127 Å². The smallest absolute Gasteiger partial charge is 0.167 e. The van der Waals surface area contributed by atoms with Crippen molar-refractivity contribution in [1.82, 2.24) is 19.5 Å². The largest absolute Gasteiger partial charge is 0.455 e. The van der Waals surface area contributed by atoms with Gasteiger partial charge in [0.1, 0.15) is 11.2 Å². The third kappa shape index (κ3) is 4.60. The van der Waals surface area contributed by atoms with Crippen LogP contribution >= 0.6 is 0 Å². The Morgan fingerprint density at radius 2 is 1.12 bits per heavy atom. The Hall–Kier alpha value is -6.85. The first-order valence-corrected chi connectivity index (χ1v) is 15.8. The molecule has 50 heavy (non-hydrogen) atoms. The van der Waals surface area contributed by atoms with Crippen molar-refractivity contribution in [2.45, 2.75) is 0 Å². The van der Waals surface area contributed by atoms with Gasteiger partial charge < -0.3 is 8.98 Å². The summed E-state index contributed by atoms with van der Waals surface area (Å²) in [5, 5.41) is 1.81. The lowest BCUT2D eigenvalue weighted by molar-refractivity contribution is 0.669. The molecule has 0 amide bonds. The predicted molar refractivity (Wildman–Crippen MR) is 203 cm³/mol. The molecule has 7 aromatic carbocycles. The van der Waals surface area contributed by atoms with Gasteiger partial charge in [-0.25, -0.2) is 15.0 Å². The SMILES string of the molecule is [2H]c1cc([2H])c2c(c1[2H])c1c([2H])c([2H])cc([2H])c1n2-c1cc(-c2nc(-c3ccccc3)nc(-c3cccc4c3oc3ccccc34)n2)cc(-c2c([2H])c([2H])c([2H])c([2H])c2[2H])c1. The predicted octanol–water partition coefficient (Wildman–Crippen LogP) is 11.5. The fourth-order valence-electron chi connectivity index (χ4n) is 6.45. The van der Waals surface area contributed by atoms with Crippen LogP contribution in [0.25, 0.3) is 94.7 Å². The highest BCUT2D eigenvalue weighted by atomic mass is 16.3. The second-order valence-electron chi connectivity index (χ2n) is 11.6. The Bertz CT molecular complexity index is 3410. The molecule has 3 heterocycles. The van der Waals surface area contributed by atoms with Gasteiger partial charge in [-0.2, -0.15) is 0 Å². The number of para-hydroxylation sites is 4. The molecule has 10 rings (SSSR count). The van der Waals surface area contributed by atoms with E-state index in [4.69, 9.17) is 34.4 Å². The van der Waals surface area contributed by atoms with E-state index in [0.717, 1.165) is 10.8 Å². The number of aromatic nitrogens is 4. The average Bonchev–Trinajstić information content (AvgIpc) is 3.84. The maximum atomic E-state index is 9.09. The van der Waals surface area contributed by atoms with Gasteiger partial charge in [0.15, 0.2) is 17.5 Å². The molecule has 10 aromatic rings. The topological polar surface area (TPSA) is 56.7 Å². The lowest BCUT2D eigenvalue weighted by Gasteiger charge is -2.14. The van der Waals surface area contributed by atoms with Crippen molar-refractivity contribution in [1.29, 1.82) is 0 Å². The van der Waals surface area contributed by atoms with E-state index in [-0.39, 0.29) is 92.1 Å². The minimum Gasteiger partial charge on any atom is -0.455 e. The van der Waals surface area contributed by atoms with Crippen LogP contribution in [0.1, 0.15) is 15.1 Å². The zero-order chi connectivity index (χ0) is 42.6. The normalized spacial score (nSPS) is 14.7. The third-order valence-corrected chi connectivity index (χ3v) is 8.66. The van der Waals surface area contributed by atoms with Crippen molar-refractivity contribution >= 4 is 43.7 Å². The van der Waals surface area contributed by atoms with Crippen LogP contribution in [-0.4, -0.2) is 19.5 Å². The molecule has 0 saturated heterocycles. The van der Waals surface area contributed by atoms with Crippen molar-refractivity contribution in [2.75, 3.05) is 0 Å². The summed E-state index contributed by atoms with van der Waals surface area (Å²) in [6.07, 6.45) is 0. The molecular weight excluding hydrogens is 613 g/mol. The molecule has 0 unspecified atom stereocenters. The van der Waals surface area contributed by atoms with Crippen molar-refractivity contribution < 1.29 is 19.5 Å². The van der Waals surface area contributed by atoms with Crippen LogP contribution in [0.5, 0.6) is 0 Å². The van der Waals surface area contributed by atoms with Gasteiger partial charge in [0, 0.05) is 38.4 Å². The van der Waals surface area contributed by atoms with Crippen molar-refractivity contribution in [3.63, 3.8) is 0 Å². The van der Waals surface area contributed by atoms with Gasteiger partial charge in [-0.15, -0.1) is 0 Å². The monoisotopic (exact) mass is 651 g/mol. The van der Waals surface area contributed by atoms with Crippen molar-refractivity contribution in [3.8, 4) is 51.0 Å². The fourth-order valence-corrected chi connectivity index (χ4v) is 6.45. The molecule has 3 aromatic heterocycles. The summed E-state index contributed by atoms with van der Waals surface area (Å²) in [7, 11) is 0. The molecule has 0 fully saturated rings. The summed E-state index contributed by atoms with van der Waals surface area (Å²) in [4.78, 5) is 14.9. The molecule has 0 aliphatic heterocycles. The lowest BCUT2D eigenvalue weighted by Crippen LogP contribution is -2.02. The summed E-state index contributed by atoms with van der Waals surface area (Å²) in [5.41, 5.74) is 3.10. The molecule has 0 spiro atoms. The first-order valence-electron chi connectivity index (χ1n) is 21.3. The summed E-state index contributed by atoms with van der Waals surface area (Å²) < 4.78 is 104. The van der Waals surface area contributed by atoms with Gasteiger partial charge in [-0.3, -0.25) is 0 Å². The molecule has 5 nitrogen and oxygen atoms in total. The Balaban J connectivity index is 1.34. The number of furan rings is 1. The minimum absolute atomic E-state index is 0.0302. The second kappa shape index (κ2) is 11.4. The summed E-state index contributed by atoms with van der Waals surface area (Å²) >= 11 is 0. The van der Waals surface area contributed by atoms with Crippen LogP contribution in [0, 0.1) is 0 Å². The fraction of sp³-hybridized carbons (Fsp3) is 0. The Morgan fingerprint density at radius 1 is 0.460 bits per heavy atom. The van der Waals surface area contributed by atoms with Crippen LogP contribution in [0.4, 0.5) is 0 Å². The number of hydrogen-bond donors (Lipinski definition) is 0. The van der Waals surface area contributed by atoms with Crippen LogP contribution in [0.3, 0.4) is 0 Å². The van der Waals surface area contributed by atoms with Crippen LogP contribution < -0.4 is 0 Å². The first kappa shape index (κ1) is 19.2. The number of fused-ring (bicyclic) bond motifs is 6. The molecule has 0 radical (unpaired) electrons. The molecule has 5 heteroatoms. The summed E-state index contributed by atoms with van der Waals surface area (Å²) in [5.74, 6) is 0.672. The van der Waals surface area contributed by atoms with E-state index in [1.807, 2.05) is 72.8 Å². The van der Waals surface area contributed by atoms with E-state index in [1.54, 1.807) is 18.2 Å². The van der Waals surface area contributed by atoms with E-state index in [9.17, 15) is 0 Å². The van der Waals surface area contributed by atoms with Crippen LogP contribution in [0.15, 0.2) is 174 Å². The Morgan fingerprint density at radius 3 is 1.90 bits per heavy atom. The molecule has 0 bridgehead atoms. The molecular formula is C45H28N4O. The van der Waals surface area contributed by atoms with E-state index >= 15 is 0 Å². The molecule has 0 saturated carbocycles. The van der Waals surface area contributed by atoms with Gasteiger partial charge >= 0.3 is 0 Å². The highest BCUT2D eigenvalue weighted by molar-refractivity contribution is 6.10. The van der Waals surface area contributed by atoms with E-state index in [0.29, 0.717) is 28.1 Å². The minimum atomic E-state index is -0.576. The van der Waals surface area contributed by atoms with E-state index in [1.165, 1.54) is 16.7 Å². The quantitative estimate of drug-likeness (QED) is 0.186. The van der Waals surface area contributed by atoms with E-state index in [2.05, 4.69) is 0 Å². The lowest BCUT2D eigenvalue weighted by atomic mass is 10.0. The first-order chi connectivity index (χ1) is 29.3. The second-order valence-corrected chi connectivity index (χ2v) is 11.6. The van der Waals surface area contributed by atoms with Crippen LogP contribution in [0.2, 0.25) is 0 Å².